The van der Waals surface area contributed by atoms with Gasteiger partial charge < -0.3 is 10.6 Å². The van der Waals surface area contributed by atoms with Gasteiger partial charge in [-0.15, -0.1) is 22.7 Å². The van der Waals surface area contributed by atoms with Crippen molar-refractivity contribution in [3.05, 3.63) is 44.8 Å². The Hall–Kier alpha value is -1.17. The van der Waals surface area contributed by atoms with Gasteiger partial charge in [0.05, 0.1) is 6.04 Å². The van der Waals surface area contributed by atoms with Gasteiger partial charge in [0.2, 0.25) is 5.91 Å². The van der Waals surface area contributed by atoms with Crippen molar-refractivity contribution in [2.45, 2.75) is 38.8 Å². The number of amides is 1. The highest BCUT2D eigenvalue weighted by Gasteiger charge is 2.17. The molecule has 114 valence electrons. The average Bonchev–Trinajstić information content (AvgIpc) is 3.05. The second kappa shape index (κ2) is 7.20. The molecule has 0 spiro atoms. The van der Waals surface area contributed by atoms with Crippen molar-refractivity contribution in [3.8, 4) is 0 Å². The number of rotatable bonds is 6. The first kappa shape index (κ1) is 16.2. The van der Waals surface area contributed by atoms with Crippen LogP contribution in [0.2, 0.25) is 0 Å². The summed E-state index contributed by atoms with van der Waals surface area (Å²) >= 11 is 3.48. The van der Waals surface area contributed by atoms with E-state index in [1.807, 2.05) is 20.8 Å². The molecule has 0 radical (unpaired) electrons. The average molecular weight is 322 g/mol. The van der Waals surface area contributed by atoms with Crippen LogP contribution in [-0.2, 0) is 4.79 Å². The summed E-state index contributed by atoms with van der Waals surface area (Å²) in [6.45, 7) is 6.66. The normalized spacial score (nSPS) is 11.8. The lowest BCUT2D eigenvalue weighted by molar-refractivity contribution is -0.122. The Bertz CT molecular complexity index is 507. The molecule has 1 amide bonds. The van der Waals surface area contributed by atoms with Gasteiger partial charge in [-0.1, -0.05) is 12.1 Å². The molecule has 0 aromatic carbocycles. The lowest BCUT2D eigenvalue weighted by Crippen LogP contribution is -2.41. The first-order chi connectivity index (χ1) is 9.96. The molecule has 21 heavy (non-hydrogen) atoms. The largest absolute Gasteiger partial charge is 0.351 e. The Balaban J connectivity index is 1.91. The number of hydrogen-bond donors (Lipinski definition) is 2. The van der Waals surface area contributed by atoms with Crippen molar-refractivity contribution in [3.63, 3.8) is 0 Å². The van der Waals surface area contributed by atoms with Gasteiger partial charge in [-0.2, -0.15) is 0 Å². The van der Waals surface area contributed by atoms with E-state index in [1.54, 1.807) is 22.7 Å². The first-order valence-electron chi connectivity index (χ1n) is 7.07. The van der Waals surface area contributed by atoms with Gasteiger partial charge in [-0.25, -0.2) is 0 Å². The van der Waals surface area contributed by atoms with Crippen molar-refractivity contribution < 1.29 is 4.79 Å². The molecule has 0 atom stereocenters. The predicted octanol–water partition coefficient (Wildman–Crippen LogP) is 3.79. The second-order valence-corrected chi connectivity index (χ2v) is 7.92. The fourth-order valence-electron chi connectivity index (χ4n) is 2.06. The van der Waals surface area contributed by atoms with E-state index in [2.05, 4.69) is 45.7 Å². The Kier molecular flexibility index (Phi) is 5.56. The molecule has 0 aliphatic rings. The molecule has 0 aliphatic heterocycles. The molecule has 2 rings (SSSR count). The molecular weight excluding hydrogens is 300 g/mol. The van der Waals surface area contributed by atoms with Crippen LogP contribution in [0, 0.1) is 0 Å². The number of nitrogens with one attached hydrogen (secondary N) is 2. The van der Waals surface area contributed by atoms with Crippen LogP contribution in [0.25, 0.3) is 0 Å². The summed E-state index contributed by atoms with van der Waals surface area (Å²) in [6, 6.07) is 8.59. The second-order valence-electron chi connectivity index (χ2n) is 5.97. The summed E-state index contributed by atoms with van der Waals surface area (Å²) in [5, 5.41) is 10.7. The van der Waals surface area contributed by atoms with Crippen molar-refractivity contribution >= 4 is 28.6 Å². The van der Waals surface area contributed by atoms with Gasteiger partial charge in [0.25, 0.3) is 0 Å². The van der Waals surface area contributed by atoms with E-state index in [1.165, 1.54) is 9.75 Å². The maximum absolute atomic E-state index is 11.9. The molecule has 2 aromatic rings. The van der Waals surface area contributed by atoms with Gasteiger partial charge in [0.15, 0.2) is 0 Å². The van der Waals surface area contributed by atoms with Gasteiger partial charge in [-0.3, -0.25) is 4.79 Å². The van der Waals surface area contributed by atoms with Crippen LogP contribution in [0.4, 0.5) is 0 Å². The van der Waals surface area contributed by atoms with Gasteiger partial charge in [0.1, 0.15) is 0 Å². The highest BCUT2D eigenvalue weighted by Crippen LogP contribution is 2.28. The summed E-state index contributed by atoms with van der Waals surface area (Å²) in [4.78, 5) is 14.4. The zero-order valence-electron chi connectivity index (χ0n) is 12.7. The van der Waals surface area contributed by atoms with Crippen LogP contribution < -0.4 is 10.6 Å². The summed E-state index contributed by atoms with van der Waals surface area (Å²) in [6.07, 6.45) is 0.491. The molecule has 0 saturated carbocycles. The molecule has 0 unspecified atom stereocenters. The van der Waals surface area contributed by atoms with E-state index in [9.17, 15) is 4.79 Å². The van der Waals surface area contributed by atoms with E-state index < -0.39 is 0 Å². The van der Waals surface area contributed by atoms with Crippen molar-refractivity contribution in [1.29, 1.82) is 0 Å². The minimum atomic E-state index is -0.169. The van der Waals surface area contributed by atoms with E-state index >= 15 is 0 Å². The smallest absolute Gasteiger partial charge is 0.221 e. The fraction of sp³-hybridized carbons (Fsp3) is 0.438. The third-order valence-corrected chi connectivity index (χ3v) is 4.74. The molecule has 0 aliphatic carbocycles. The fourth-order valence-corrected chi connectivity index (χ4v) is 3.77. The van der Waals surface area contributed by atoms with Crippen LogP contribution in [0.5, 0.6) is 0 Å². The Labute approximate surface area is 134 Å². The minimum Gasteiger partial charge on any atom is -0.351 e. The van der Waals surface area contributed by atoms with Crippen molar-refractivity contribution in [1.82, 2.24) is 10.6 Å². The standard InChI is InChI=1S/C16H22N2OS2/c1-16(2,3)18-14(19)8-9-17-15(12-6-4-10-20-12)13-7-5-11-21-13/h4-7,10-11,15,17H,8-9H2,1-3H3,(H,18,19). The summed E-state index contributed by atoms with van der Waals surface area (Å²) in [5.41, 5.74) is -0.169. The van der Waals surface area contributed by atoms with Crippen LogP contribution >= 0.6 is 22.7 Å². The zero-order chi connectivity index (χ0) is 15.3. The molecule has 2 aromatic heterocycles. The Morgan fingerprint density at radius 2 is 1.71 bits per heavy atom. The lowest BCUT2D eigenvalue weighted by Gasteiger charge is -2.21. The van der Waals surface area contributed by atoms with Crippen LogP contribution in [0.3, 0.4) is 0 Å². The van der Waals surface area contributed by atoms with E-state index in [0.29, 0.717) is 13.0 Å². The molecular formula is C16H22N2OS2. The number of hydrogen-bond acceptors (Lipinski definition) is 4. The van der Waals surface area contributed by atoms with E-state index in [0.717, 1.165) is 0 Å². The SMILES string of the molecule is CC(C)(C)NC(=O)CCNC(c1cccs1)c1cccs1. The van der Waals surface area contributed by atoms with Crippen molar-refractivity contribution in [2.75, 3.05) is 6.54 Å². The Morgan fingerprint density at radius 1 is 1.14 bits per heavy atom. The van der Waals surface area contributed by atoms with Crippen LogP contribution in [0.1, 0.15) is 43.0 Å². The summed E-state index contributed by atoms with van der Waals surface area (Å²) < 4.78 is 0. The molecule has 0 saturated heterocycles. The molecule has 3 nitrogen and oxygen atoms in total. The Morgan fingerprint density at radius 3 is 2.14 bits per heavy atom. The monoisotopic (exact) mass is 322 g/mol. The first-order valence-corrected chi connectivity index (χ1v) is 8.83. The van der Waals surface area contributed by atoms with Crippen molar-refractivity contribution in [2.24, 2.45) is 0 Å². The van der Waals surface area contributed by atoms with E-state index in [-0.39, 0.29) is 17.5 Å². The number of carbonyl (C=O) groups excluding carboxylic acids is 1. The molecule has 0 bridgehead atoms. The minimum absolute atomic E-state index is 0.0890. The van der Waals surface area contributed by atoms with Crippen LogP contribution in [-0.4, -0.2) is 18.0 Å². The quantitative estimate of drug-likeness (QED) is 0.849. The number of carbonyl (C=O) groups is 1. The maximum atomic E-state index is 11.9. The van der Waals surface area contributed by atoms with Gasteiger partial charge >= 0.3 is 0 Å². The highest BCUT2D eigenvalue weighted by molar-refractivity contribution is 7.11. The molecule has 0 fully saturated rings. The third kappa shape index (κ3) is 5.26. The highest BCUT2D eigenvalue weighted by atomic mass is 32.1. The maximum Gasteiger partial charge on any atom is 0.221 e. The molecule has 2 N–H and O–H groups in total. The lowest BCUT2D eigenvalue weighted by atomic mass is 10.1. The summed E-state index contributed by atoms with van der Waals surface area (Å²) in [7, 11) is 0. The van der Waals surface area contributed by atoms with Crippen LogP contribution in [0.15, 0.2) is 35.0 Å². The molecule has 5 heteroatoms. The summed E-state index contributed by atoms with van der Waals surface area (Å²) in [5.74, 6) is 0.0890. The van der Waals surface area contributed by atoms with E-state index in [4.69, 9.17) is 0 Å². The number of thiophene rings is 2. The molecule has 2 heterocycles. The van der Waals surface area contributed by atoms with Gasteiger partial charge in [0, 0.05) is 28.3 Å². The predicted molar refractivity (Wildman–Crippen MR) is 91.0 cm³/mol. The topological polar surface area (TPSA) is 41.1 Å². The zero-order valence-corrected chi connectivity index (χ0v) is 14.3. The third-order valence-electron chi connectivity index (χ3n) is 2.87. The van der Waals surface area contributed by atoms with Gasteiger partial charge in [-0.05, 0) is 43.7 Å².